The third-order valence-corrected chi connectivity index (χ3v) is 6.34. The maximum absolute atomic E-state index is 15.0. The van der Waals surface area contributed by atoms with E-state index in [0.29, 0.717) is 35.5 Å². The fourth-order valence-corrected chi connectivity index (χ4v) is 4.41. The van der Waals surface area contributed by atoms with E-state index < -0.39 is 18.0 Å². The van der Waals surface area contributed by atoms with E-state index in [1.165, 1.54) is 17.2 Å². The molecular formula is C25H27FN6O4. The summed E-state index contributed by atoms with van der Waals surface area (Å²) in [4.78, 5) is 32.8. The number of morpholine rings is 1. The van der Waals surface area contributed by atoms with Gasteiger partial charge in [-0.15, -0.1) is 5.10 Å². The topological polar surface area (TPSA) is 103 Å². The highest BCUT2D eigenvalue weighted by atomic mass is 19.1. The Morgan fingerprint density at radius 1 is 1.17 bits per heavy atom. The molecular weight excluding hydrogens is 467 g/mol. The van der Waals surface area contributed by atoms with Crippen LogP contribution in [0.4, 0.5) is 14.9 Å². The summed E-state index contributed by atoms with van der Waals surface area (Å²) in [7, 11) is 0. The molecule has 3 aromatic rings. The average Bonchev–Trinajstić information content (AvgIpc) is 3.54. The highest BCUT2D eigenvalue weighted by molar-refractivity contribution is 5.94. The number of pyridine rings is 1. The highest BCUT2D eigenvalue weighted by Crippen LogP contribution is 2.29. The maximum Gasteiger partial charge on any atom is 0.414 e. The molecule has 36 heavy (non-hydrogen) atoms. The summed E-state index contributed by atoms with van der Waals surface area (Å²) >= 11 is 0. The third-order valence-electron chi connectivity index (χ3n) is 6.34. The molecule has 11 heteroatoms. The lowest BCUT2D eigenvalue weighted by atomic mass is 10.0. The minimum absolute atomic E-state index is 0.0291. The lowest BCUT2D eigenvalue weighted by molar-refractivity contribution is 0.0371. The molecule has 1 atom stereocenters. The molecule has 0 bridgehead atoms. The molecule has 2 saturated heterocycles. The Morgan fingerprint density at radius 2 is 2.03 bits per heavy atom. The van der Waals surface area contributed by atoms with Gasteiger partial charge in [-0.1, -0.05) is 11.3 Å². The number of cyclic esters (lactones) is 1. The van der Waals surface area contributed by atoms with Crippen LogP contribution >= 0.6 is 0 Å². The Hall–Kier alpha value is -3.70. The summed E-state index contributed by atoms with van der Waals surface area (Å²) < 4.78 is 27.3. The van der Waals surface area contributed by atoms with Crippen LogP contribution in [0.5, 0.6) is 0 Å². The van der Waals surface area contributed by atoms with Crippen molar-refractivity contribution in [2.24, 2.45) is 0 Å². The van der Waals surface area contributed by atoms with Crippen molar-refractivity contribution in [1.82, 2.24) is 24.9 Å². The molecule has 1 amide bonds. The molecule has 2 aliphatic heterocycles. The Bertz CT molecular complexity index is 1200. The van der Waals surface area contributed by atoms with Gasteiger partial charge >= 0.3 is 6.09 Å². The van der Waals surface area contributed by atoms with Gasteiger partial charge in [-0.25, -0.2) is 13.9 Å². The van der Waals surface area contributed by atoms with Crippen LogP contribution in [0, 0.1) is 5.82 Å². The number of ketones is 1. The number of rotatable bonds is 9. The van der Waals surface area contributed by atoms with E-state index in [0.717, 1.165) is 39.3 Å². The molecule has 2 fully saturated rings. The van der Waals surface area contributed by atoms with E-state index in [9.17, 15) is 9.59 Å². The van der Waals surface area contributed by atoms with Crippen LogP contribution < -0.4 is 4.90 Å². The zero-order chi connectivity index (χ0) is 24.9. The second-order valence-corrected chi connectivity index (χ2v) is 8.82. The molecule has 1 aromatic carbocycles. The van der Waals surface area contributed by atoms with Gasteiger partial charge in [0.2, 0.25) is 0 Å². The molecule has 5 rings (SSSR count). The Labute approximate surface area is 207 Å². The van der Waals surface area contributed by atoms with Gasteiger partial charge in [-0.2, -0.15) is 0 Å². The van der Waals surface area contributed by atoms with Crippen LogP contribution in [-0.2, 0) is 16.0 Å². The Morgan fingerprint density at radius 3 is 2.75 bits per heavy atom. The summed E-state index contributed by atoms with van der Waals surface area (Å²) in [5, 5.41) is 7.61. The molecule has 2 aliphatic rings. The lowest BCUT2D eigenvalue weighted by Gasteiger charge is -2.26. The highest BCUT2D eigenvalue weighted by Gasteiger charge is 2.33. The number of halogens is 1. The molecule has 0 aliphatic carbocycles. The lowest BCUT2D eigenvalue weighted by Crippen LogP contribution is -2.36. The number of anilines is 1. The smallest absolute Gasteiger partial charge is 0.414 e. The number of benzene rings is 1. The van der Waals surface area contributed by atoms with Crippen LogP contribution in [-0.4, -0.2) is 82.3 Å². The van der Waals surface area contributed by atoms with Gasteiger partial charge in [0.15, 0.2) is 5.78 Å². The predicted molar refractivity (Wildman–Crippen MR) is 128 cm³/mol. The van der Waals surface area contributed by atoms with Crippen LogP contribution in [0.15, 0.2) is 48.9 Å². The van der Waals surface area contributed by atoms with Crippen molar-refractivity contribution in [3.63, 3.8) is 0 Å². The van der Waals surface area contributed by atoms with E-state index in [4.69, 9.17) is 9.47 Å². The zero-order valence-electron chi connectivity index (χ0n) is 19.8. The number of carbonyl (C=O) groups is 2. The number of aromatic nitrogens is 4. The minimum Gasteiger partial charge on any atom is -0.442 e. The van der Waals surface area contributed by atoms with Crippen LogP contribution in [0.3, 0.4) is 0 Å². The van der Waals surface area contributed by atoms with Gasteiger partial charge in [0, 0.05) is 43.0 Å². The minimum atomic E-state index is -0.537. The number of ether oxygens (including phenoxy) is 2. The van der Waals surface area contributed by atoms with Crippen LogP contribution in [0.25, 0.3) is 11.1 Å². The average molecular weight is 495 g/mol. The number of hydrogen-bond donors (Lipinski definition) is 0. The van der Waals surface area contributed by atoms with Gasteiger partial charge in [-0.05, 0) is 37.2 Å². The van der Waals surface area contributed by atoms with Gasteiger partial charge in [0.1, 0.15) is 17.6 Å². The molecule has 0 radical (unpaired) electrons. The standard InChI is InChI=1S/C25H27FN6O4/c26-22-14-19(32-17-20(36-25(32)34)16-31-9-7-28-29-31)4-5-21(22)18-3-6-23(27-15-18)24(33)2-1-8-30-10-12-35-13-11-30/h3-7,9,14-15,20H,1-2,8,10-13,16-17H2. The van der Waals surface area contributed by atoms with E-state index in [2.05, 4.69) is 20.2 Å². The first-order valence-corrected chi connectivity index (χ1v) is 12.0. The van der Waals surface area contributed by atoms with Gasteiger partial charge in [0.25, 0.3) is 0 Å². The number of Topliss-reactive ketones (excluding diaryl/α,β-unsaturated/α-hetero) is 1. The molecule has 10 nitrogen and oxygen atoms in total. The number of nitrogens with zero attached hydrogens (tertiary/aromatic N) is 6. The molecule has 0 spiro atoms. The van der Waals surface area contributed by atoms with Crippen molar-refractivity contribution < 1.29 is 23.5 Å². The summed E-state index contributed by atoms with van der Waals surface area (Å²) in [6.45, 7) is 4.77. The molecule has 4 heterocycles. The largest absolute Gasteiger partial charge is 0.442 e. The Kier molecular flexibility index (Phi) is 7.28. The first kappa shape index (κ1) is 24.0. The number of carbonyl (C=O) groups excluding carboxylic acids is 2. The fraction of sp³-hybridized carbons (Fsp3) is 0.400. The summed E-state index contributed by atoms with van der Waals surface area (Å²) in [5.41, 5.74) is 1.67. The first-order chi connectivity index (χ1) is 17.6. The van der Waals surface area contributed by atoms with Crippen molar-refractivity contribution >= 4 is 17.6 Å². The maximum atomic E-state index is 15.0. The quantitative estimate of drug-likeness (QED) is 0.419. The first-order valence-electron chi connectivity index (χ1n) is 12.0. The summed E-state index contributed by atoms with van der Waals surface area (Å²) in [6.07, 6.45) is 4.96. The predicted octanol–water partition coefficient (Wildman–Crippen LogP) is 2.80. The van der Waals surface area contributed by atoms with Crippen molar-refractivity contribution in [2.75, 3.05) is 44.3 Å². The number of hydrogen-bond acceptors (Lipinski definition) is 8. The van der Waals surface area contributed by atoms with Crippen molar-refractivity contribution in [1.29, 1.82) is 0 Å². The molecule has 0 N–H and O–H groups in total. The number of amides is 1. The Balaban J connectivity index is 1.19. The van der Waals surface area contributed by atoms with Crippen LogP contribution in [0.1, 0.15) is 23.3 Å². The van der Waals surface area contributed by atoms with Gasteiger partial charge in [0.05, 0.1) is 38.2 Å². The summed E-state index contributed by atoms with van der Waals surface area (Å²) in [6, 6.07) is 7.90. The fourth-order valence-electron chi connectivity index (χ4n) is 4.41. The zero-order valence-corrected chi connectivity index (χ0v) is 19.8. The summed E-state index contributed by atoms with van der Waals surface area (Å²) in [5.74, 6) is -0.523. The second-order valence-electron chi connectivity index (χ2n) is 8.82. The van der Waals surface area contributed by atoms with Crippen molar-refractivity contribution in [3.8, 4) is 11.1 Å². The van der Waals surface area contributed by atoms with Crippen LogP contribution in [0.2, 0.25) is 0 Å². The van der Waals surface area contributed by atoms with Gasteiger partial charge < -0.3 is 9.47 Å². The van der Waals surface area contributed by atoms with Gasteiger partial charge in [-0.3, -0.25) is 19.6 Å². The van der Waals surface area contributed by atoms with E-state index in [-0.39, 0.29) is 12.3 Å². The normalized spacial score (nSPS) is 18.4. The van der Waals surface area contributed by atoms with E-state index in [1.807, 2.05) is 0 Å². The molecule has 188 valence electrons. The van der Waals surface area contributed by atoms with Crippen molar-refractivity contribution in [2.45, 2.75) is 25.5 Å². The monoisotopic (exact) mass is 494 g/mol. The van der Waals surface area contributed by atoms with E-state index in [1.54, 1.807) is 41.3 Å². The molecule has 1 unspecified atom stereocenters. The third kappa shape index (κ3) is 5.58. The molecule has 0 saturated carbocycles. The second kappa shape index (κ2) is 10.9. The molecule has 2 aromatic heterocycles. The van der Waals surface area contributed by atoms with E-state index >= 15 is 4.39 Å². The van der Waals surface area contributed by atoms with Crippen molar-refractivity contribution in [3.05, 3.63) is 60.4 Å². The SMILES string of the molecule is O=C(CCCN1CCOCC1)c1ccc(-c2ccc(N3CC(Cn4ccnn4)OC3=O)cc2F)cn1.